The summed E-state index contributed by atoms with van der Waals surface area (Å²) in [7, 11) is 1.68. The van der Waals surface area contributed by atoms with E-state index in [1.165, 1.54) is 0 Å². The maximum absolute atomic E-state index is 10.1. The molecule has 0 atom stereocenters. The lowest BCUT2D eigenvalue weighted by Crippen LogP contribution is -2.15. The van der Waals surface area contributed by atoms with Gasteiger partial charge in [-0.05, 0) is 0 Å². The van der Waals surface area contributed by atoms with E-state index in [4.69, 9.17) is 5.11 Å². The second kappa shape index (κ2) is 7.33. The SMILES string of the molecule is O.O.O=C(O)C[B]c1ccccc1. The summed E-state index contributed by atoms with van der Waals surface area (Å²) in [6.45, 7) is 0. The van der Waals surface area contributed by atoms with E-state index in [-0.39, 0.29) is 17.3 Å². The van der Waals surface area contributed by atoms with E-state index in [0.717, 1.165) is 5.46 Å². The van der Waals surface area contributed by atoms with Crippen molar-refractivity contribution in [3.8, 4) is 0 Å². The first-order chi connectivity index (χ1) is 5.29. The number of carbonyl (C=O) groups is 1. The number of carboxylic acids is 1. The lowest BCUT2D eigenvalue weighted by molar-refractivity contribution is -0.134. The summed E-state index contributed by atoms with van der Waals surface area (Å²) in [5.41, 5.74) is 0.954. The zero-order valence-corrected chi connectivity index (χ0v) is 7.03. The Morgan fingerprint density at radius 2 is 1.77 bits per heavy atom. The quantitative estimate of drug-likeness (QED) is 0.599. The van der Waals surface area contributed by atoms with Gasteiger partial charge in [0.15, 0.2) is 7.28 Å². The molecule has 1 aromatic carbocycles. The Labute approximate surface area is 77.1 Å². The molecule has 0 fully saturated rings. The van der Waals surface area contributed by atoms with E-state index in [9.17, 15) is 4.79 Å². The maximum atomic E-state index is 10.1. The molecule has 0 spiro atoms. The summed E-state index contributed by atoms with van der Waals surface area (Å²) in [6, 6.07) is 9.42. The van der Waals surface area contributed by atoms with Crippen molar-refractivity contribution in [2.75, 3.05) is 0 Å². The van der Waals surface area contributed by atoms with Gasteiger partial charge >= 0.3 is 0 Å². The average Bonchev–Trinajstić information content (AvgIpc) is 2.03. The predicted octanol–water partition coefficient (Wildman–Crippen LogP) is -1.13. The van der Waals surface area contributed by atoms with Gasteiger partial charge in [-0.2, -0.15) is 0 Å². The average molecular weight is 183 g/mol. The summed E-state index contributed by atoms with van der Waals surface area (Å²) in [4.78, 5) is 10.1. The monoisotopic (exact) mass is 183 g/mol. The molecule has 0 aliphatic heterocycles. The van der Waals surface area contributed by atoms with E-state index in [2.05, 4.69) is 0 Å². The van der Waals surface area contributed by atoms with Gasteiger partial charge in [-0.15, -0.1) is 0 Å². The van der Waals surface area contributed by atoms with Crippen molar-refractivity contribution in [3.05, 3.63) is 30.3 Å². The summed E-state index contributed by atoms with van der Waals surface area (Å²) in [5, 5.41) is 8.34. The van der Waals surface area contributed by atoms with Gasteiger partial charge in [0.2, 0.25) is 0 Å². The summed E-state index contributed by atoms with van der Waals surface area (Å²) in [6.07, 6.45) is 0.0873. The van der Waals surface area contributed by atoms with Crippen molar-refractivity contribution in [3.63, 3.8) is 0 Å². The zero-order chi connectivity index (χ0) is 8.10. The van der Waals surface area contributed by atoms with Gasteiger partial charge in [0.25, 0.3) is 5.97 Å². The molecule has 1 aromatic rings. The van der Waals surface area contributed by atoms with Crippen molar-refractivity contribution in [1.29, 1.82) is 0 Å². The van der Waals surface area contributed by atoms with Crippen LogP contribution in [0.2, 0.25) is 6.32 Å². The molecule has 4 nitrogen and oxygen atoms in total. The van der Waals surface area contributed by atoms with Crippen LogP contribution in [0.5, 0.6) is 0 Å². The molecule has 0 saturated heterocycles. The topological polar surface area (TPSA) is 100 Å². The Bertz CT molecular complexity index is 237. The summed E-state index contributed by atoms with van der Waals surface area (Å²) in [5.74, 6) is -0.797. The number of benzene rings is 1. The van der Waals surface area contributed by atoms with Gasteiger partial charge in [0.05, 0.1) is 0 Å². The molecule has 0 aromatic heterocycles. The molecule has 1 radical (unpaired) electrons. The third kappa shape index (κ3) is 5.89. The van der Waals surface area contributed by atoms with E-state index in [0.29, 0.717) is 0 Å². The normalized spacial score (nSPS) is 7.69. The van der Waals surface area contributed by atoms with E-state index in [1.807, 2.05) is 30.3 Å². The molecule has 71 valence electrons. The van der Waals surface area contributed by atoms with E-state index >= 15 is 0 Å². The first-order valence-corrected chi connectivity index (χ1v) is 3.39. The van der Waals surface area contributed by atoms with Crippen LogP contribution in [-0.2, 0) is 4.79 Å². The van der Waals surface area contributed by atoms with E-state index < -0.39 is 5.97 Å². The van der Waals surface area contributed by atoms with Crippen molar-refractivity contribution in [1.82, 2.24) is 0 Å². The smallest absolute Gasteiger partial charge is 0.295 e. The molecule has 13 heavy (non-hydrogen) atoms. The molecule has 5 N–H and O–H groups in total. The fourth-order valence-corrected chi connectivity index (χ4v) is 0.794. The molecule has 0 aliphatic carbocycles. The highest BCUT2D eigenvalue weighted by Gasteiger charge is 1.98. The molecule has 0 amide bonds. The predicted molar refractivity (Wildman–Crippen MR) is 51.5 cm³/mol. The summed E-state index contributed by atoms with van der Waals surface area (Å²) >= 11 is 0. The molecule has 0 bridgehead atoms. The van der Waals surface area contributed by atoms with Crippen LogP contribution in [0.3, 0.4) is 0 Å². The van der Waals surface area contributed by atoms with E-state index in [1.54, 1.807) is 7.28 Å². The number of hydrogen-bond acceptors (Lipinski definition) is 1. The maximum Gasteiger partial charge on any atom is 0.295 e. The lowest BCUT2D eigenvalue weighted by Gasteiger charge is -1.93. The molecular weight excluding hydrogens is 171 g/mol. The molecular formula is C8H12BO4. The largest absolute Gasteiger partial charge is 0.482 e. The summed E-state index contributed by atoms with van der Waals surface area (Å²) < 4.78 is 0. The van der Waals surface area contributed by atoms with Crippen LogP contribution >= 0.6 is 0 Å². The van der Waals surface area contributed by atoms with Gasteiger partial charge in [0, 0.05) is 6.32 Å². The number of rotatable bonds is 3. The standard InChI is InChI=1S/C8H8BO2.2H2O/c10-8(11)6-9-7-4-2-1-3-5-7;;/h1-5H,6H2,(H,10,11);2*1H2. The second-order valence-electron chi connectivity index (χ2n) is 2.21. The molecule has 0 heterocycles. The fraction of sp³-hybridized carbons (Fsp3) is 0.125. The minimum absolute atomic E-state index is 0. The Hall–Kier alpha value is -1.33. The van der Waals surface area contributed by atoms with Crippen LogP contribution in [0.1, 0.15) is 0 Å². The first kappa shape index (κ1) is 14.2. The van der Waals surface area contributed by atoms with Gasteiger partial charge in [0.1, 0.15) is 0 Å². The molecule has 0 unspecified atom stereocenters. The molecule has 1 rings (SSSR count). The first-order valence-electron chi connectivity index (χ1n) is 3.39. The molecule has 0 aliphatic rings. The number of aliphatic carboxylic acids is 1. The van der Waals surface area contributed by atoms with Crippen LogP contribution in [-0.4, -0.2) is 29.3 Å². The molecule has 5 heteroatoms. The Balaban J connectivity index is 0. The van der Waals surface area contributed by atoms with Crippen LogP contribution in [0.4, 0.5) is 0 Å². The third-order valence-electron chi connectivity index (χ3n) is 1.31. The third-order valence-corrected chi connectivity index (χ3v) is 1.31. The zero-order valence-electron chi connectivity index (χ0n) is 7.03. The van der Waals surface area contributed by atoms with Crippen molar-refractivity contribution >= 4 is 18.7 Å². The van der Waals surface area contributed by atoms with Gasteiger partial charge in [-0.25, -0.2) is 0 Å². The Morgan fingerprint density at radius 1 is 1.23 bits per heavy atom. The highest BCUT2D eigenvalue weighted by atomic mass is 16.4. The van der Waals surface area contributed by atoms with Gasteiger partial charge in [-0.1, -0.05) is 35.8 Å². The van der Waals surface area contributed by atoms with Crippen LogP contribution < -0.4 is 5.46 Å². The number of carboxylic acid groups (broad SMARTS) is 1. The Morgan fingerprint density at radius 3 is 2.23 bits per heavy atom. The van der Waals surface area contributed by atoms with Crippen molar-refractivity contribution in [2.24, 2.45) is 0 Å². The van der Waals surface area contributed by atoms with Crippen molar-refractivity contribution < 1.29 is 20.9 Å². The van der Waals surface area contributed by atoms with Crippen LogP contribution in [0.25, 0.3) is 0 Å². The van der Waals surface area contributed by atoms with Gasteiger partial charge in [-0.3, -0.25) is 4.79 Å². The molecule has 0 saturated carbocycles. The van der Waals surface area contributed by atoms with Crippen molar-refractivity contribution in [2.45, 2.75) is 6.32 Å². The highest BCUT2D eigenvalue weighted by molar-refractivity contribution is 6.56. The number of hydrogen-bond donors (Lipinski definition) is 1. The fourth-order valence-electron chi connectivity index (χ4n) is 0.794. The minimum atomic E-state index is -0.797. The lowest BCUT2D eigenvalue weighted by atomic mass is 9.67. The highest BCUT2D eigenvalue weighted by Crippen LogP contribution is 1.84. The second-order valence-corrected chi connectivity index (χ2v) is 2.21. The van der Waals surface area contributed by atoms with Crippen LogP contribution in [0.15, 0.2) is 30.3 Å². The Kier molecular flexibility index (Phi) is 8.01. The van der Waals surface area contributed by atoms with Gasteiger partial charge < -0.3 is 16.1 Å². The minimum Gasteiger partial charge on any atom is -0.482 e. The van der Waals surface area contributed by atoms with Crippen LogP contribution in [0, 0.1) is 0 Å².